The van der Waals surface area contributed by atoms with E-state index in [0.717, 1.165) is 44.9 Å². The van der Waals surface area contributed by atoms with Gasteiger partial charge in [0.1, 0.15) is 0 Å². The molecule has 0 radical (unpaired) electrons. The van der Waals surface area contributed by atoms with E-state index in [9.17, 15) is 9.59 Å². The van der Waals surface area contributed by atoms with Crippen molar-refractivity contribution in [3.8, 4) is 0 Å². The largest absolute Gasteiger partial charge is 0.466 e. The second-order valence-electron chi connectivity index (χ2n) is 7.88. The molecule has 0 aliphatic carbocycles. The lowest BCUT2D eigenvalue weighted by Gasteiger charge is -2.11. The number of aliphatic hydroxyl groups excluding tert-OH is 2. The molecule has 0 rings (SSSR count). The lowest BCUT2D eigenvalue weighted by molar-refractivity contribution is -0.146. The molecular formula is C23H44O6. The van der Waals surface area contributed by atoms with Crippen LogP contribution in [0.3, 0.4) is 0 Å². The number of carbonyl (C=O) groups excluding carboxylic acids is 2. The molecule has 172 valence electrons. The van der Waals surface area contributed by atoms with Crippen molar-refractivity contribution >= 4 is 11.9 Å². The van der Waals surface area contributed by atoms with E-state index in [0.29, 0.717) is 19.4 Å². The number of aliphatic hydroxyl groups is 2. The van der Waals surface area contributed by atoms with Crippen molar-refractivity contribution in [2.45, 2.75) is 103 Å². The van der Waals surface area contributed by atoms with Gasteiger partial charge in [-0.3, -0.25) is 9.59 Å². The maximum atomic E-state index is 11.7. The number of unbranched alkanes of at least 4 members (excludes halogenated alkanes) is 11. The molecule has 0 aromatic rings. The minimum Gasteiger partial charge on any atom is -0.466 e. The van der Waals surface area contributed by atoms with Gasteiger partial charge in [0.25, 0.3) is 0 Å². The van der Waals surface area contributed by atoms with Gasteiger partial charge in [0, 0.05) is 18.8 Å². The Kier molecular flexibility index (Phi) is 20.7. The van der Waals surface area contributed by atoms with Crippen LogP contribution in [0.4, 0.5) is 0 Å². The number of ether oxygens (including phenoxy) is 2. The van der Waals surface area contributed by atoms with Crippen LogP contribution in [0.1, 0.15) is 103 Å². The van der Waals surface area contributed by atoms with Crippen molar-refractivity contribution in [3.63, 3.8) is 0 Å². The summed E-state index contributed by atoms with van der Waals surface area (Å²) in [5.74, 6) is -0.783. The van der Waals surface area contributed by atoms with Gasteiger partial charge in [-0.25, -0.2) is 0 Å². The van der Waals surface area contributed by atoms with Crippen LogP contribution >= 0.6 is 0 Å². The van der Waals surface area contributed by atoms with Crippen LogP contribution in [-0.2, 0) is 19.1 Å². The number of hydrogen-bond donors (Lipinski definition) is 2. The fourth-order valence-corrected chi connectivity index (χ4v) is 3.01. The molecule has 0 aliphatic rings. The fourth-order valence-electron chi connectivity index (χ4n) is 3.01. The smallest absolute Gasteiger partial charge is 0.305 e. The highest BCUT2D eigenvalue weighted by atomic mass is 16.5. The minimum absolute atomic E-state index is 0.0624. The Hall–Kier alpha value is -1.14. The molecule has 6 nitrogen and oxygen atoms in total. The third kappa shape index (κ3) is 19.9. The standard InChI is InChI=1S/C23H44O6/c1-2-3-4-5-6-7-11-14-17-28-22(26)15-12-9-8-10-13-16-23(27)29-20-21(18-24)19-25/h21,24-25H,2-20H2,1H3. The van der Waals surface area contributed by atoms with E-state index in [-0.39, 0.29) is 31.8 Å². The molecule has 0 saturated heterocycles. The van der Waals surface area contributed by atoms with Gasteiger partial charge in [-0.1, -0.05) is 71.1 Å². The predicted molar refractivity (Wildman–Crippen MR) is 115 cm³/mol. The average molecular weight is 417 g/mol. The number of carbonyl (C=O) groups is 2. The molecule has 0 amide bonds. The molecule has 29 heavy (non-hydrogen) atoms. The first kappa shape index (κ1) is 27.9. The number of esters is 2. The third-order valence-electron chi connectivity index (χ3n) is 5.02. The first-order valence-corrected chi connectivity index (χ1v) is 11.7. The molecule has 0 spiro atoms. The van der Waals surface area contributed by atoms with Gasteiger partial charge in [0.05, 0.1) is 26.4 Å². The summed E-state index contributed by atoms with van der Waals surface area (Å²) in [6, 6.07) is 0. The summed E-state index contributed by atoms with van der Waals surface area (Å²) in [6.07, 6.45) is 15.2. The van der Waals surface area contributed by atoms with Crippen LogP contribution in [0.2, 0.25) is 0 Å². The van der Waals surface area contributed by atoms with Gasteiger partial charge in [-0.15, -0.1) is 0 Å². The zero-order chi connectivity index (χ0) is 21.6. The third-order valence-corrected chi connectivity index (χ3v) is 5.02. The number of rotatable bonds is 21. The molecule has 0 atom stereocenters. The molecule has 0 heterocycles. The maximum Gasteiger partial charge on any atom is 0.305 e. The molecule has 0 unspecified atom stereocenters. The van der Waals surface area contributed by atoms with E-state index < -0.39 is 5.92 Å². The van der Waals surface area contributed by atoms with Crippen molar-refractivity contribution in [2.75, 3.05) is 26.4 Å². The normalized spacial score (nSPS) is 11.0. The summed E-state index contributed by atoms with van der Waals surface area (Å²) in [5, 5.41) is 17.8. The molecular weight excluding hydrogens is 372 g/mol. The lowest BCUT2D eigenvalue weighted by atomic mass is 10.1. The average Bonchev–Trinajstić information content (AvgIpc) is 2.72. The van der Waals surface area contributed by atoms with Gasteiger partial charge in [0.15, 0.2) is 0 Å². The van der Waals surface area contributed by atoms with E-state index >= 15 is 0 Å². The molecule has 0 aromatic carbocycles. The highest BCUT2D eigenvalue weighted by Crippen LogP contribution is 2.10. The lowest BCUT2D eigenvalue weighted by Crippen LogP contribution is -2.20. The Bertz CT molecular complexity index is 382. The van der Waals surface area contributed by atoms with E-state index in [1.165, 1.54) is 38.5 Å². The van der Waals surface area contributed by atoms with Crippen molar-refractivity contribution in [2.24, 2.45) is 5.92 Å². The van der Waals surface area contributed by atoms with Crippen molar-refractivity contribution < 1.29 is 29.3 Å². The van der Waals surface area contributed by atoms with E-state index in [1.54, 1.807) is 0 Å². The molecule has 0 fully saturated rings. The van der Waals surface area contributed by atoms with Gasteiger partial charge in [-0.2, -0.15) is 0 Å². The highest BCUT2D eigenvalue weighted by Gasteiger charge is 2.10. The topological polar surface area (TPSA) is 93.1 Å². The quantitative estimate of drug-likeness (QED) is 0.211. The monoisotopic (exact) mass is 416 g/mol. The minimum atomic E-state index is -0.394. The first-order chi connectivity index (χ1) is 14.1. The summed E-state index contributed by atoms with van der Waals surface area (Å²) in [7, 11) is 0. The number of hydrogen-bond acceptors (Lipinski definition) is 6. The van der Waals surface area contributed by atoms with Crippen LogP contribution < -0.4 is 0 Å². The molecule has 0 aromatic heterocycles. The molecule has 2 N–H and O–H groups in total. The van der Waals surface area contributed by atoms with Crippen LogP contribution in [0.15, 0.2) is 0 Å². The SMILES string of the molecule is CCCCCCCCCCOC(=O)CCCCCCCC(=O)OCC(CO)CO. The maximum absolute atomic E-state index is 11.7. The van der Waals surface area contributed by atoms with Gasteiger partial charge in [-0.05, 0) is 19.3 Å². The Morgan fingerprint density at radius 2 is 1.10 bits per heavy atom. The Morgan fingerprint density at radius 1 is 0.655 bits per heavy atom. The molecule has 6 heteroatoms. The second-order valence-corrected chi connectivity index (χ2v) is 7.88. The summed E-state index contributed by atoms with van der Waals surface area (Å²) in [6.45, 7) is 2.46. The van der Waals surface area contributed by atoms with Crippen molar-refractivity contribution in [3.05, 3.63) is 0 Å². The fraction of sp³-hybridized carbons (Fsp3) is 0.913. The van der Waals surface area contributed by atoms with Crippen LogP contribution in [0, 0.1) is 5.92 Å². The zero-order valence-electron chi connectivity index (χ0n) is 18.5. The van der Waals surface area contributed by atoms with E-state index in [1.807, 2.05) is 0 Å². The predicted octanol–water partition coefficient (Wildman–Crippen LogP) is 4.55. The van der Waals surface area contributed by atoms with Gasteiger partial charge in [0.2, 0.25) is 0 Å². The van der Waals surface area contributed by atoms with Crippen LogP contribution in [0.25, 0.3) is 0 Å². The molecule has 0 saturated carbocycles. The Balaban J connectivity index is 3.34. The van der Waals surface area contributed by atoms with Gasteiger partial charge < -0.3 is 19.7 Å². The zero-order valence-corrected chi connectivity index (χ0v) is 18.5. The first-order valence-electron chi connectivity index (χ1n) is 11.7. The highest BCUT2D eigenvalue weighted by molar-refractivity contribution is 5.69. The van der Waals surface area contributed by atoms with Crippen LogP contribution in [-0.4, -0.2) is 48.6 Å². The molecule has 0 aliphatic heterocycles. The summed E-state index contributed by atoms with van der Waals surface area (Å²) >= 11 is 0. The van der Waals surface area contributed by atoms with Gasteiger partial charge >= 0.3 is 11.9 Å². The summed E-state index contributed by atoms with van der Waals surface area (Å²) in [5.41, 5.74) is 0. The summed E-state index contributed by atoms with van der Waals surface area (Å²) in [4.78, 5) is 23.2. The van der Waals surface area contributed by atoms with E-state index in [4.69, 9.17) is 19.7 Å². The van der Waals surface area contributed by atoms with Crippen LogP contribution in [0.5, 0.6) is 0 Å². The Morgan fingerprint density at radius 3 is 1.62 bits per heavy atom. The molecule has 0 bridgehead atoms. The Labute approximate surface area is 177 Å². The van der Waals surface area contributed by atoms with Crippen molar-refractivity contribution in [1.29, 1.82) is 0 Å². The van der Waals surface area contributed by atoms with E-state index in [2.05, 4.69) is 6.92 Å². The second kappa shape index (κ2) is 21.6. The summed E-state index contributed by atoms with van der Waals surface area (Å²) < 4.78 is 10.3. The van der Waals surface area contributed by atoms with Crippen molar-refractivity contribution in [1.82, 2.24) is 0 Å².